The number of oxime groups is 1. The van der Waals surface area contributed by atoms with Gasteiger partial charge in [-0.2, -0.15) is 0 Å². The second kappa shape index (κ2) is 6.16. The van der Waals surface area contributed by atoms with Gasteiger partial charge in [0.25, 0.3) is 5.91 Å². The van der Waals surface area contributed by atoms with Crippen molar-refractivity contribution in [3.05, 3.63) is 27.7 Å². The topological polar surface area (TPSA) is 64.9 Å². The highest BCUT2D eigenvalue weighted by atomic mass is 79.9. The second-order valence-corrected chi connectivity index (χ2v) is 5.26. The van der Waals surface area contributed by atoms with Crippen LogP contribution < -0.4 is 5.32 Å². The van der Waals surface area contributed by atoms with Gasteiger partial charge in [0, 0.05) is 23.2 Å². The molecule has 0 aliphatic carbocycles. The zero-order valence-electron chi connectivity index (χ0n) is 10.7. The first-order valence-electron chi connectivity index (χ1n) is 6.16. The smallest absolute Gasteiger partial charge is 0.270 e. The Morgan fingerprint density at radius 2 is 2.37 bits per heavy atom. The van der Waals surface area contributed by atoms with Crippen molar-refractivity contribution in [3.8, 4) is 0 Å². The molecule has 1 aromatic rings. The van der Waals surface area contributed by atoms with Gasteiger partial charge in [0.2, 0.25) is 0 Å². The van der Waals surface area contributed by atoms with E-state index in [0.29, 0.717) is 0 Å². The molecule has 1 aromatic carbocycles. The lowest BCUT2D eigenvalue weighted by atomic mass is 9.98. The third-order valence-corrected chi connectivity index (χ3v) is 4.06. The Hall–Kier alpha value is -1.40. The number of anilines is 1. The molecule has 0 unspecified atom stereocenters. The van der Waals surface area contributed by atoms with Crippen molar-refractivity contribution in [3.63, 3.8) is 0 Å². The summed E-state index contributed by atoms with van der Waals surface area (Å²) in [6.07, 6.45) is 1.82. The molecule has 0 spiro atoms. The predicted octanol–water partition coefficient (Wildman–Crippen LogP) is 2.23. The Labute approximate surface area is 120 Å². The highest BCUT2D eigenvalue weighted by Crippen LogP contribution is 2.32. The Kier molecular flexibility index (Phi) is 4.55. The second-order valence-electron chi connectivity index (χ2n) is 4.40. The van der Waals surface area contributed by atoms with Gasteiger partial charge < -0.3 is 10.5 Å². The van der Waals surface area contributed by atoms with E-state index in [1.165, 1.54) is 5.56 Å². The van der Waals surface area contributed by atoms with E-state index in [4.69, 9.17) is 5.21 Å². The first kappa shape index (κ1) is 14.0. The van der Waals surface area contributed by atoms with E-state index in [1.54, 1.807) is 0 Å². The normalized spacial score (nSPS) is 15.5. The number of carbonyl (C=O) groups is 1. The number of fused-ring (bicyclic) bond motifs is 1. The fourth-order valence-electron chi connectivity index (χ4n) is 2.29. The van der Waals surface area contributed by atoms with Gasteiger partial charge in [-0.15, -0.1) is 0 Å². The van der Waals surface area contributed by atoms with Gasteiger partial charge in [0.05, 0.1) is 0 Å². The summed E-state index contributed by atoms with van der Waals surface area (Å²) in [5, 5.41) is 13.9. The van der Waals surface area contributed by atoms with Crippen LogP contribution in [0.2, 0.25) is 0 Å². The summed E-state index contributed by atoms with van der Waals surface area (Å²) in [5.41, 5.74) is 3.15. The number of likely N-dealkylation sites (N-methyl/N-ethyl adjacent to an activating group) is 1. The first-order chi connectivity index (χ1) is 9.15. The summed E-state index contributed by atoms with van der Waals surface area (Å²) >= 11 is 3.56. The Balaban J connectivity index is 2.32. The fourth-order valence-corrected chi connectivity index (χ4v) is 2.86. The average Bonchev–Trinajstić information content (AvgIpc) is 2.42. The van der Waals surface area contributed by atoms with Crippen LogP contribution in [0.3, 0.4) is 0 Å². The molecule has 0 atom stereocenters. The molecule has 1 aliphatic rings. The highest BCUT2D eigenvalue weighted by molar-refractivity contribution is 9.10. The van der Waals surface area contributed by atoms with Crippen LogP contribution in [0.5, 0.6) is 0 Å². The maximum absolute atomic E-state index is 11.5. The van der Waals surface area contributed by atoms with Gasteiger partial charge in [-0.25, -0.2) is 0 Å². The molecule has 0 fully saturated rings. The lowest BCUT2D eigenvalue weighted by molar-refractivity contribution is -0.110. The quantitative estimate of drug-likeness (QED) is 0.509. The summed E-state index contributed by atoms with van der Waals surface area (Å²) in [4.78, 5) is 13.8. The molecule has 2 N–H and O–H groups in total. The summed E-state index contributed by atoms with van der Waals surface area (Å²) in [6, 6.07) is 3.80. The average molecular weight is 326 g/mol. The zero-order chi connectivity index (χ0) is 13.8. The van der Waals surface area contributed by atoms with Crippen LogP contribution in [-0.4, -0.2) is 35.3 Å². The molecule has 1 amide bonds. The van der Waals surface area contributed by atoms with Crippen molar-refractivity contribution in [1.29, 1.82) is 0 Å². The van der Waals surface area contributed by atoms with Gasteiger partial charge in [0.15, 0.2) is 0 Å². The maximum Gasteiger partial charge on any atom is 0.270 e. The summed E-state index contributed by atoms with van der Waals surface area (Å²) < 4.78 is 1.08. The minimum atomic E-state index is -0.430. The van der Waals surface area contributed by atoms with Gasteiger partial charge in [-0.1, -0.05) is 28.0 Å². The molecule has 1 aliphatic heterocycles. The molecule has 5 nitrogen and oxygen atoms in total. The number of carbonyl (C=O) groups excluding carboxylic acids is 1. The van der Waals surface area contributed by atoms with Crippen LogP contribution in [0.1, 0.15) is 18.1 Å². The van der Waals surface area contributed by atoms with E-state index >= 15 is 0 Å². The summed E-state index contributed by atoms with van der Waals surface area (Å²) in [7, 11) is 0. The van der Waals surface area contributed by atoms with E-state index in [9.17, 15) is 4.79 Å². The molecule has 0 bridgehead atoms. The molecule has 1 heterocycles. The predicted molar refractivity (Wildman–Crippen MR) is 77.7 cm³/mol. The molecule has 0 saturated carbocycles. The number of hydrogen-bond acceptors (Lipinski definition) is 4. The summed E-state index contributed by atoms with van der Waals surface area (Å²) in [6.45, 7) is 4.95. The van der Waals surface area contributed by atoms with Crippen LogP contribution in [0.4, 0.5) is 5.69 Å². The Bertz CT molecular complexity index is 517. The van der Waals surface area contributed by atoms with Crippen molar-refractivity contribution < 1.29 is 10.0 Å². The number of nitrogens with one attached hydrogen (secondary N) is 1. The molecular weight excluding hydrogens is 310 g/mol. The van der Waals surface area contributed by atoms with Gasteiger partial charge in [0.1, 0.15) is 6.21 Å². The number of hydrogen-bond donors (Lipinski definition) is 2. The molecular formula is C13H16BrN3O2. The Morgan fingerprint density at radius 1 is 1.58 bits per heavy atom. The number of nitrogens with zero attached hydrogens (tertiary/aromatic N) is 2. The summed E-state index contributed by atoms with van der Waals surface area (Å²) in [5.74, 6) is -0.430. The van der Waals surface area contributed by atoms with Crippen LogP contribution in [0, 0.1) is 0 Å². The van der Waals surface area contributed by atoms with Crippen LogP contribution in [-0.2, 0) is 17.8 Å². The molecule has 102 valence electrons. The number of halogens is 1. The minimum absolute atomic E-state index is 0.430. The van der Waals surface area contributed by atoms with Crippen LogP contribution >= 0.6 is 15.9 Å². The van der Waals surface area contributed by atoms with Gasteiger partial charge in [-0.05, 0) is 36.2 Å². The molecule has 6 heteroatoms. The SMILES string of the molecule is CCN1CCc2c(Br)ccc(NC(=O)/C=N/O)c2C1. The number of benzene rings is 1. The van der Waals surface area contributed by atoms with Crippen LogP contribution in [0.15, 0.2) is 21.8 Å². The van der Waals surface area contributed by atoms with E-state index in [2.05, 4.69) is 38.2 Å². The van der Waals surface area contributed by atoms with Crippen molar-refractivity contribution in [2.24, 2.45) is 5.16 Å². The molecule has 0 radical (unpaired) electrons. The first-order valence-corrected chi connectivity index (χ1v) is 6.96. The Morgan fingerprint density at radius 3 is 3.05 bits per heavy atom. The largest absolute Gasteiger partial charge is 0.411 e. The number of amides is 1. The monoisotopic (exact) mass is 325 g/mol. The maximum atomic E-state index is 11.5. The fraction of sp³-hybridized carbons (Fsp3) is 0.385. The van der Waals surface area contributed by atoms with E-state index < -0.39 is 5.91 Å². The highest BCUT2D eigenvalue weighted by Gasteiger charge is 2.20. The zero-order valence-corrected chi connectivity index (χ0v) is 12.3. The lowest BCUT2D eigenvalue weighted by Gasteiger charge is -2.29. The standard InChI is InChI=1S/C13H16BrN3O2/c1-2-17-6-5-9-10(8-17)12(4-3-11(9)14)16-13(18)7-15-19/h3-4,7,19H,2,5-6,8H2,1H3,(H,16,18)/b15-7+. The van der Waals surface area contributed by atoms with Crippen molar-refractivity contribution in [2.45, 2.75) is 19.9 Å². The van der Waals surface area contributed by atoms with E-state index in [1.807, 2.05) is 12.1 Å². The number of rotatable bonds is 3. The van der Waals surface area contributed by atoms with E-state index in [0.717, 1.165) is 48.0 Å². The van der Waals surface area contributed by atoms with Crippen molar-refractivity contribution >= 4 is 33.7 Å². The van der Waals surface area contributed by atoms with Gasteiger partial charge in [-0.3, -0.25) is 9.69 Å². The third kappa shape index (κ3) is 3.13. The molecule has 0 aromatic heterocycles. The van der Waals surface area contributed by atoms with Crippen molar-refractivity contribution in [1.82, 2.24) is 4.90 Å². The lowest BCUT2D eigenvalue weighted by Crippen LogP contribution is -2.31. The third-order valence-electron chi connectivity index (χ3n) is 3.31. The van der Waals surface area contributed by atoms with Crippen LogP contribution in [0.25, 0.3) is 0 Å². The molecule has 19 heavy (non-hydrogen) atoms. The van der Waals surface area contributed by atoms with Gasteiger partial charge >= 0.3 is 0 Å². The molecule has 2 rings (SSSR count). The van der Waals surface area contributed by atoms with Crippen molar-refractivity contribution in [2.75, 3.05) is 18.4 Å². The van der Waals surface area contributed by atoms with E-state index in [-0.39, 0.29) is 0 Å². The molecule has 0 saturated heterocycles. The minimum Gasteiger partial charge on any atom is -0.411 e.